The Morgan fingerprint density at radius 3 is 2.57 bits per heavy atom. The number of nitrogens with one attached hydrogen (secondary N) is 1. The normalized spacial score (nSPS) is 11.9. The molecule has 2 aromatic carbocycles. The molecule has 0 aliphatic heterocycles. The van der Waals surface area contributed by atoms with E-state index in [4.69, 9.17) is 16.3 Å². The number of thiazole rings is 1. The molecule has 10 heteroatoms. The molecule has 35 heavy (non-hydrogen) atoms. The molecule has 1 N–H and O–H groups in total. The standard InChI is InChI=1S/C25H26ClN5O2S2/c1-4-17-6-12-20(13-7-17)33-16(3)23-29-30-25(31(23)5-2)35-15-22(32)28-24-27-21(14-34-24)18-8-10-19(26)11-9-18/h6-14,16H,4-5,15H2,1-3H3,(H,27,28,32)/t16-/m1/s1. The third-order valence-electron chi connectivity index (χ3n) is 5.29. The molecule has 0 fully saturated rings. The number of anilines is 1. The first-order valence-corrected chi connectivity index (χ1v) is 13.5. The monoisotopic (exact) mass is 527 g/mol. The van der Waals surface area contributed by atoms with E-state index in [2.05, 4.69) is 39.6 Å². The summed E-state index contributed by atoms with van der Waals surface area (Å²) in [5, 5.41) is 15.3. The molecule has 0 spiro atoms. The molecular weight excluding hydrogens is 502 g/mol. The van der Waals surface area contributed by atoms with Gasteiger partial charge in [-0.15, -0.1) is 21.5 Å². The van der Waals surface area contributed by atoms with Crippen molar-refractivity contribution in [2.75, 3.05) is 11.1 Å². The minimum atomic E-state index is -0.278. The lowest BCUT2D eigenvalue weighted by Crippen LogP contribution is -2.15. The van der Waals surface area contributed by atoms with E-state index in [0.29, 0.717) is 21.9 Å². The zero-order chi connectivity index (χ0) is 24.8. The number of halogens is 1. The van der Waals surface area contributed by atoms with Crippen LogP contribution in [-0.4, -0.2) is 31.4 Å². The van der Waals surface area contributed by atoms with Crippen LogP contribution in [0.2, 0.25) is 5.02 Å². The number of rotatable bonds is 10. The lowest BCUT2D eigenvalue weighted by atomic mass is 10.2. The largest absolute Gasteiger partial charge is 0.483 e. The first kappa shape index (κ1) is 25.2. The van der Waals surface area contributed by atoms with Gasteiger partial charge >= 0.3 is 0 Å². The first-order chi connectivity index (χ1) is 17.0. The molecule has 0 saturated heterocycles. The van der Waals surface area contributed by atoms with Gasteiger partial charge in [0.1, 0.15) is 5.75 Å². The average Bonchev–Trinajstić information content (AvgIpc) is 3.50. The van der Waals surface area contributed by atoms with E-state index < -0.39 is 0 Å². The summed E-state index contributed by atoms with van der Waals surface area (Å²) >= 11 is 8.67. The minimum Gasteiger partial charge on any atom is -0.483 e. The summed E-state index contributed by atoms with van der Waals surface area (Å²) in [4.78, 5) is 17.0. The number of amides is 1. The molecule has 1 amide bonds. The summed E-state index contributed by atoms with van der Waals surface area (Å²) in [5.74, 6) is 1.55. The fourth-order valence-corrected chi connectivity index (χ4v) is 5.11. The highest BCUT2D eigenvalue weighted by atomic mass is 35.5. The number of carbonyl (C=O) groups excluding carboxylic acids is 1. The van der Waals surface area contributed by atoms with Crippen molar-refractivity contribution >= 4 is 45.7 Å². The van der Waals surface area contributed by atoms with Crippen LogP contribution in [-0.2, 0) is 17.8 Å². The molecular formula is C25H26ClN5O2S2. The summed E-state index contributed by atoms with van der Waals surface area (Å²) in [6, 6.07) is 15.5. The van der Waals surface area contributed by atoms with E-state index in [0.717, 1.165) is 29.3 Å². The smallest absolute Gasteiger partial charge is 0.236 e. The second kappa shape index (κ2) is 11.7. The van der Waals surface area contributed by atoms with Gasteiger partial charge in [0, 0.05) is 22.5 Å². The Bertz CT molecular complexity index is 1270. The van der Waals surface area contributed by atoms with Crippen LogP contribution in [0.1, 0.15) is 38.3 Å². The van der Waals surface area contributed by atoms with Gasteiger partial charge in [0.25, 0.3) is 0 Å². The van der Waals surface area contributed by atoms with Gasteiger partial charge in [-0.05, 0) is 50.1 Å². The molecule has 0 unspecified atom stereocenters. The van der Waals surface area contributed by atoms with Crippen molar-refractivity contribution in [3.05, 3.63) is 70.3 Å². The van der Waals surface area contributed by atoms with E-state index in [1.807, 2.05) is 60.2 Å². The summed E-state index contributed by atoms with van der Waals surface area (Å²) in [5.41, 5.74) is 3.00. The van der Waals surface area contributed by atoms with Crippen molar-refractivity contribution in [1.29, 1.82) is 0 Å². The van der Waals surface area contributed by atoms with Crippen LogP contribution < -0.4 is 10.1 Å². The number of ether oxygens (including phenoxy) is 1. The van der Waals surface area contributed by atoms with Crippen molar-refractivity contribution in [2.24, 2.45) is 0 Å². The van der Waals surface area contributed by atoms with Crippen LogP contribution in [0.25, 0.3) is 11.3 Å². The van der Waals surface area contributed by atoms with Crippen molar-refractivity contribution in [1.82, 2.24) is 19.7 Å². The summed E-state index contributed by atoms with van der Waals surface area (Å²) < 4.78 is 8.06. The van der Waals surface area contributed by atoms with Gasteiger partial charge in [0.2, 0.25) is 5.91 Å². The Kier molecular flexibility index (Phi) is 8.43. The fraction of sp³-hybridized carbons (Fsp3) is 0.280. The number of hydrogen-bond acceptors (Lipinski definition) is 7. The lowest BCUT2D eigenvalue weighted by Gasteiger charge is -2.15. The Morgan fingerprint density at radius 1 is 1.14 bits per heavy atom. The number of thioether (sulfide) groups is 1. The second-order valence-corrected chi connectivity index (χ2v) is 9.96. The predicted octanol–water partition coefficient (Wildman–Crippen LogP) is 6.51. The Labute approximate surface area is 217 Å². The number of hydrogen-bond donors (Lipinski definition) is 1. The van der Waals surface area contributed by atoms with Crippen LogP contribution in [0.15, 0.2) is 59.1 Å². The van der Waals surface area contributed by atoms with Gasteiger partial charge in [0.15, 0.2) is 22.2 Å². The van der Waals surface area contributed by atoms with E-state index in [-0.39, 0.29) is 17.8 Å². The lowest BCUT2D eigenvalue weighted by molar-refractivity contribution is -0.113. The van der Waals surface area contributed by atoms with Gasteiger partial charge in [-0.25, -0.2) is 4.98 Å². The molecule has 4 rings (SSSR count). The topological polar surface area (TPSA) is 81.9 Å². The Morgan fingerprint density at radius 2 is 1.89 bits per heavy atom. The highest BCUT2D eigenvalue weighted by molar-refractivity contribution is 7.99. The van der Waals surface area contributed by atoms with E-state index >= 15 is 0 Å². The van der Waals surface area contributed by atoms with Crippen LogP contribution >= 0.6 is 34.7 Å². The maximum absolute atomic E-state index is 12.5. The van der Waals surface area contributed by atoms with Crippen LogP contribution in [0, 0.1) is 0 Å². The van der Waals surface area contributed by atoms with Gasteiger partial charge < -0.3 is 14.6 Å². The molecule has 0 radical (unpaired) electrons. The number of benzene rings is 2. The van der Waals surface area contributed by atoms with Crippen LogP contribution in [0.4, 0.5) is 5.13 Å². The van der Waals surface area contributed by atoms with E-state index in [1.165, 1.54) is 28.7 Å². The quantitative estimate of drug-likeness (QED) is 0.237. The Hall–Kier alpha value is -2.88. The number of aryl methyl sites for hydroxylation is 1. The molecule has 2 heterocycles. The number of aromatic nitrogens is 4. The predicted molar refractivity (Wildman–Crippen MR) is 142 cm³/mol. The number of nitrogens with zero attached hydrogens (tertiary/aromatic N) is 4. The highest BCUT2D eigenvalue weighted by Crippen LogP contribution is 2.27. The number of carbonyl (C=O) groups is 1. The van der Waals surface area contributed by atoms with Crippen LogP contribution in [0.5, 0.6) is 5.75 Å². The van der Waals surface area contributed by atoms with Gasteiger partial charge in [-0.2, -0.15) is 0 Å². The molecule has 7 nitrogen and oxygen atoms in total. The summed E-state index contributed by atoms with van der Waals surface area (Å²) in [6.45, 7) is 6.77. The highest BCUT2D eigenvalue weighted by Gasteiger charge is 2.20. The zero-order valence-electron chi connectivity index (χ0n) is 19.7. The van der Waals surface area contributed by atoms with Crippen molar-refractivity contribution < 1.29 is 9.53 Å². The zero-order valence-corrected chi connectivity index (χ0v) is 22.1. The Balaban J connectivity index is 1.34. The summed E-state index contributed by atoms with van der Waals surface area (Å²) in [7, 11) is 0. The fourth-order valence-electron chi connectivity index (χ4n) is 3.44. The third kappa shape index (κ3) is 6.42. The minimum absolute atomic E-state index is 0.153. The van der Waals surface area contributed by atoms with E-state index in [9.17, 15) is 4.79 Å². The van der Waals surface area contributed by atoms with Crippen molar-refractivity contribution in [3.63, 3.8) is 0 Å². The van der Waals surface area contributed by atoms with Gasteiger partial charge in [-0.3, -0.25) is 4.79 Å². The van der Waals surface area contributed by atoms with Crippen LogP contribution in [0.3, 0.4) is 0 Å². The van der Waals surface area contributed by atoms with Gasteiger partial charge in [0.05, 0.1) is 11.4 Å². The molecule has 4 aromatic rings. The SMILES string of the molecule is CCc1ccc(O[C@H](C)c2nnc(SCC(=O)Nc3nc(-c4ccc(Cl)cc4)cs3)n2CC)cc1. The third-order valence-corrected chi connectivity index (χ3v) is 7.27. The van der Waals surface area contributed by atoms with Crippen molar-refractivity contribution in [3.8, 4) is 17.0 Å². The molecule has 182 valence electrons. The van der Waals surface area contributed by atoms with E-state index in [1.54, 1.807) is 0 Å². The molecule has 0 aliphatic rings. The molecule has 0 bridgehead atoms. The average molecular weight is 528 g/mol. The first-order valence-electron chi connectivity index (χ1n) is 11.3. The molecule has 2 aromatic heterocycles. The maximum Gasteiger partial charge on any atom is 0.236 e. The second-order valence-electron chi connectivity index (χ2n) is 7.72. The molecule has 1 atom stereocenters. The maximum atomic E-state index is 12.5. The molecule has 0 aliphatic carbocycles. The van der Waals surface area contributed by atoms with Crippen molar-refractivity contribution in [2.45, 2.75) is 45.0 Å². The molecule has 0 saturated carbocycles. The van der Waals surface area contributed by atoms with Gasteiger partial charge in [-0.1, -0.05) is 54.6 Å². The summed E-state index contributed by atoms with van der Waals surface area (Å²) in [6.07, 6.45) is 0.708.